The molecule has 1 unspecified atom stereocenters. The van der Waals surface area contributed by atoms with E-state index >= 15 is 0 Å². The number of Topliss-reactive ketones (excluding diaryl/α,β-unsaturated/α-hetero) is 1. The third kappa shape index (κ3) is 3.81. The van der Waals surface area contributed by atoms with E-state index in [1.807, 2.05) is 0 Å². The summed E-state index contributed by atoms with van der Waals surface area (Å²) in [7, 11) is -1.54. The number of hydrogen-bond donors (Lipinski definition) is 0. The molecule has 108 valence electrons. The van der Waals surface area contributed by atoms with Gasteiger partial charge in [0.25, 0.3) is 0 Å². The molecule has 1 atom stereocenters. The number of carbonyl (C=O) groups excluding carboxylic acids is 2. The Morgan fingerprint density at radius 2 is 1.90 bits per heavy atom. The van der Waals surface area contributed by atoms with Gasteiger partial charge in [-0.05, 0) is 18.2 Å². The largest absolute Gasteiger partial charge is 0.341 e. The Hall–Kier alpha value is -0.910. The van der Waals surface area contributed by atoms with E-state index in [0.29, 0.717) is 40.9 Å². The maximum atomic E-state index is 12.2. The lowest BCUT2D eigenvalue weighted by Crippen LogP contribution is -2.40. The number of benzene rings is 1. The number of rotatable bonds is 3. The highest BCUT2D eigenvalue weighted by atomic mass is 35.5. The number of hydrogen-bond acceptors (Lipinski definition) is 3. The first-order valence-electron chi connectivity index (χ1n) is 6.10. The van der Waals surface area contributed by atoms with Gasteiger partial charge in [0.05, 0.1) is 20.7 Å². The molecule has 4 nitrogen and oxygen atoms in total. The highest BCUT2D eigenvalue weighted by Gasteiger charge is 2.23. The Bertz CT molecular complexity index is 567. The van der Waals surface area contributed by atoms with E-state index in [0.717, 1.165) is 0 Å². The van der Waals surface area contributed by atoms with E-state index in [1.165, 1.54) is 6.07 Å². The van der Waals surface area contributed by atoms with E-state index in [4.69, 9.17) is 23.2 Å². The first-order valence-corrected chi connectivity index (χ1v) is 8.18. The van der Waals surface area contributed by atoms with Crippen LogP contribution >= 0.6 is 23.2 Å². The molecule has 1 aromatic rings. The minimum Gasteiger partial charge on any atom is -0.341 e. The van der Waals surface area contributed by atoms with E-state index in [1.54, 1.807) is 17.0 Å². The summed E-state index contributed by atoms with van der Waals surface area (Å²) in [6.07, 6.45) is 0.743. The monoisotopic (exact) mass is 333 g/mol. The molecule has 0 aliphatic carbocycles. The van der Waals surface area contributed by atoms with E-state index in [-0.39, 0.29) is 17.4 Å². The third-order valence-electron chi connectivity index (χ3n) is 3.07. The van der Waals surface area contributed by atoms with Crippen molar-refractivity contribution in [3.63, 3.8) is 0 Å². The van der Waals surface area contributed by atoms with Crippen LogP contribution in [0.15, 0.2) is 23.1 Å². The van der Waals surface area contributed by atoms with Gasteiger partial charge in [-0.25, -0.2) is 0 Å². The van der Waals surface area contributed by atoms with Gasteiger partial charge >= 0.3 is 0 Å². The van der Waals surface area contributed by atoms with Crippen LogP contribution in [0.25, 0.3) is 0 Å². The van der Waals surface area contributed by atoms with Gasteiger partial charge in [-0.3, -0.25) is 13.8 Å². The zero-order valence-electron chi connectivity index (χ0n) is 10.6. The molecule has 1 saturated heterocycles. The quantitative estimate of drug-likeness (QED) is 0.852. The lowest BCUT2D eigenvalue weighted by atomic mass is 10.1. The summed E-state index contributed by atoms with van der Waals surface area (Å²) in [6.45, 7) is 0.802. The summed E-state index contributed by atoms with van der Waals surface area (Å²) in [5.41, 5.74) is 0. The van der Waals surface area contributed by atoms with Gasteiger partial charge in [-0.1, -0.05) is 23.2 Å². The second-order valence-corrected chi connectivity index (χ2v) is 6.75. The first-order chi connectivity index (χ1) is 9.47. The summed E-state index contributed by atoms with van der Waals surface area (Å²) in [4.78, 5) is 25.1. The molecule has 1 amide bonds. The zero-order chi connectivity index (χ0) is 14.7. The number of likely N-dealkylation sites (tertiary alicyclic amines) is 1. The smallest absolute Gasteiger partial charge is 0.235 e. The molecule has 0 bridgehead atoms. The number of amides is 1. The van der Waals surface area contributed by atoms with Crippen molar-refractivity contribution in [2.75, 3.05) is 18.8 Å². The average molecular weight is 334 g/mol. The van der Waals surface area contributed by atoms with Crippen molar-refractivity contribution >= 4 is 45.7 Å². The predicted molar refractivity (Wildman–Crippen MR) is 78.6 cm³/mol. The fourth-order valence-electron chi connectivity index (χ4n) is 1.94. The first kappa shape index (κ1) is 15.5. The summed E-state index contributed by atoms with van der Waals surface area (Å²) in [5.74, 6) is -0.214. The molecule has 1 heterocycles. The minimum absolute atomic E-state index is 0.145. The number of ketones is 1. The molecule has 7 heteroatoms. The van der Waals surface area contributed by atoms with Crippen molar-refractivity contribution in [1.29, 1.82) is 0 Å². The Kier molecular flexibility index (Phi) is 5.18. The third-order valence-corrected chi connectivity index (χ3v) is 5.08. The van der Waals surface area contributed by atoms with Crippen molar-refractivity contribution in [1.82, 2.24) is 4.90 Å². The van der Waals surface area contributed by atoms with Crippen molar-refractivity contribution in [3.8, 4) is 0 Å². The molecule has 0 radical (unpaired) electrons. The molecule has 1 fully saturated rings. The van der Waals surface area contributed by atoms with Gasteiger partial charge < -0.3 is 4.90 Å². The molecule has 1 aliphatic heterocycles. The maximum absolute atomic E-state index is 12.2. The van der Waals surface area contributed by atoms with E-state index in [2.05, 4.69) is 0 Å². The maximum Gasteiger partial charge on any atom is 0.235 e. The normalized spacial score (nSPS) is 17.1. The Morgan fingerprint density at radius 3 is 2.55 bits per heavy atom. The second-order valence-electron chi connectivity index (χ2n) is 4.48. The van der Waals surface area contributed by atoms with E-state index in [9.17, 15) is 13.8 Å². The second kappa shape index (κ2) is 6.70. The highest BCUT2D eigenvalue weighted by Crippen LogP contribution is 2.24. The van der Waals surface area contributed by atoms with Crippen LogP contribution in [0.4, 0.5) is 0 Å². The van der Waals surface area contributed by atoms with Crippen molar-refractivity contribution in [3.05, 3.63) is 28.2 Å². The number of carbonyl (C=O) groups is 2. The molecule has 0 aromatic heterocycles. The molecule has 0 N–H and O–H groups in total. The minimum atomic E-state index is -1.54. The van der Waals surface area contributed by atoms with Crippen molar-refractivity contribution < 1.29 is 13.8 Å². The van der Waals surface area contributed by atoms with Crippen LogP contribution in [0.5, 0.6) is 0 Å². The summed E-state index contributed by atoms with van der Waals surface area (Å²) in [6, 6.07) is 4.66. The van der Waals surface area contributed by atoms with E-state index < -0.39 is 10.8 Å². The molecular formula is C13H13Cl2NO3S. The summed E-state index contributed by atoms with van der Waals surface area (Å²) < 4.78 is 12.2. The van der Waals surface area contributed by atoms with Gasteiger partial charge in [0.15, 0.2) is 0 Å². The van der Waals surface area contributed by atoms with Gasteiger partial charge in [-0.2, -0.15) is 0 Å². The lowest BCUT2D eigenvalue weighted by molar-refractivity contribution is -0.132. The molecule has 1 aromatic carbocycles. The van der Waals surface area contributed by atoms with Crippen LogP contribution in [0, 0.1) is 0 Å². The number of halogens is 2. The summed E-state index contributed by atoms with van der Waals surface area (Å²) >= 11 is 11.8. The Morgan fingerprint density at radius 1 is 1.25 bits per heavy atom. The van der Waals surface area contributed by atoms with Crippen molar-refractivity contribution in [2.24, 2.45) is 0 Å². The number of nitrogens with zero attached hydrogens (tertiary/aromatic N) is 1. The van der Waals surface area contributed by atoms with Crippen LogP contribution in [0.3, 0.4) is 0 Å². The Balaban J connectivity index is 2.02. The number of piperidine rings is 1. The standard InChI is InChI=1S/C13H13Cl2NO3S/c14-9-1-2-11(15)12(7-9)20(19)8-13(18)16-5-3-10(17)4-6-16/h1-2,7H,3-6,8H2. The predicted octanol–water partition coefficient (Wildman–Crippen LogP) is 2.29. The topological polar surface area (TPSA) is 54.5 Å². The molecule has 0 spiro atoms. The lowest BCUT2D eigenvalue weighted by Gasteiger charge is -2.25. The van der Waals surface area contributed by atoms with Gasteiger partial charge in [0.2, 0.25) is 5.91 Å². The fraction of sp³-hybridized carbons (Fsp3) is 0.385. The molecule has 0 saturated carbocycles. The van der Waals surface area contributed by atoms with Crippen LogP contribution < -0.4 is 0 Å². The molecule has 20 heavy (non-hydrogen) atoms. The van der Waals surface area contributed by atoms with Gasteiger partial charge in [0.1, 0.15) is 11.5 Å². The fourth-order valence-corrected chi connectivity index (χ4v) is 3.66. The SMILES string of the molecule is O=C1CCN(C(=O)CS(=O)c2cc(Cl)ccc2Cl)CC1. The van der Waals surface area contributed by atoms with Crippen LogP contribution in [0.1, 0.15) is 12.8 Å². The summed E-state index contributed by atoms with van der Waals surface area (Å²) in [5, 5.41) is 0.753. The highest BCUT2D eigenvalue weighted by molar-refractivity contribution is 7.85. The average Bonchev–Trinajstić information content (AvgIpc) is 2.42. The van der Waals surface area contributed by atoms with Gasteiger partial charge in [0, 0.05) is 31.0 Å². The van der Waals surface area contributed by atoms with Crippen molar-refractivity contribution in [2.45, 2.75) is 17.7 Å². The van der Waals surface area contributed by atoms with Crippen LogP contribution in [-0.4, -0.2) is 39.6 Å². The van der Waals surface area contributed by atoms with Gasteiger partial charge in [-0.15, -0.1) is 0 Å². The van der Waals surface area contributed by atoms with Crippen LogP contribution in [-0.2, 0) is 20.4 Å². The Labute approximate surface area is 129 Å². The zero-order valence-corrected chi connectivity index (χ0v) is 12.9. The molecular weight excluding hydrogens is 321 g/mol. The molecule has 1 aliphatic rings. The van der Waals surface area contributed by atoms with Crippen LogP contribution in [0.2, 0.25) is 10.0 Å². The molecule has 2 rings (SSSR count).